The average Bonchev–Trinajstić information content (AvgIpc) is 3.33. The number of hydrogen-bond acceptors (Lipinski definition) is 6. The molecule has 2 aliphatic heterocycles. The molecule has 0 unspecified atom stereocenters. The molecule has 0 saturated carbocycles. The molecule has 2 saturated heterocycles. The molecule has 4 rings (SSSR count). The molecule has 1 N–H and O–H groups in total. The second-order valence-electron chi connectivity index (χ2n) is 8.56. The average molecular weight is 477 g/mol. The Bertz CT molecular complexity index is 1010. The number of aryl methyl sites for hydroxylation is 1. The molecule has 1 aromatic heterocycles. The molecule has 0 aliphatic carbocycles. The highest BCUT2D eigenvalue weighted by atomic mass is 32.2. The minimum atomic E-state index is -3.57. The van der Waals surface area contributed by atoms with Crippen molar-refractivity contribution >= 4 is 38.6 Å². The van der Waals surface area contributed by atoms with E-state index in [9.17, 15) is 13.2 Å². The van der Waals surface area contributed by atoms with Gasteiger partial charge >= 0.3 is 0 Å². The van der Waals surface area contributed by atoms with Crippen molar-refractivity contribution in [2.75, 3.05) is 56.5 Å². The molecule has 9 heteroatoms. The molecule has 2 aromatic rings. The molecule has 0 spiro atoms. The van der Waals surface area contributed by atoms with Crippen LogP contribution in [0.1, 0.15) is 30.6 Å². The summed E-state index contributed by atoms with van der Waals surface area (Å²) in [5.41, 5.74) is 1.48. The van der Waals surface area contributed by atoms with Crippen molar-refractivity contribution in [3.05, 3.63) is 40.6 Å². The van der Waals surface area contributed by atoms with Crippen molar-refractivity contribution in [3.8, 4) is 0 Å². The van der Waals surface area contributed by atoms with E-state index in [1.165, 1.54) is 4.88 Å². The zero-order chi connectivity index (χ0) is 22.6. The molecule has 0 bridgehead atoms. The number of thiophene rings is 1. The summed E-state index contributed by atoms with van der Waals surface area (Å²) in [5.74, 6) is -0.0960. The number of rotatable bonds is 7. The van der Waals surface area contributed by atoms with Crippen LogP contribution in [0.15, 0.2) is 40.6 Å². The second-order valence-corrected chi connectivity index (χ2v) is 11.5. The van der Waals surface area contributed by atoms with Crippen LogP contribution in [0.2, 0.25) is 0 Å². The van der Waals surface area contributed by atoms with Crippen LogP contribution in [-0.2, 0) is 21.2 Å². The fraction of sp³-hybridized carbons (Fsp3) is 0.522. The van der Waals surface area contributed by atoms with Crippen LogP contribution in [0.3, 0.4) is 0 Å². The second kappa shape index (κ2) is 10.3. The van der Waals surface area contributed by atoms with Crippen LogP contribution in [0.5, 0.6) is 0 Å². The lowest BCUT2D eigenvalue weighted by molar-refractivity contribution is -0.116. The Morgan fingerprint density at radius 2 is 1.78 bits per heavy atom. The maximum Gasteiger partial charge on any atom is 0.243 e. The van der Waals surface area contributed by atoms with Crippen LogP contribution in [-0.4, -0.2) is 69.8 Å². The Labute approximate surface area is 195 Å². The standard InChI is InChI=1S/C23H32N4O3S2/c1-25-13-15-26(16-14-25)22-9-8-20(32(29,30)27-11-3-2-4-12-27)18-21(22)24-23(28)10-7-19-6-5-17-31-19/h5-6,8-9,17-18H,2-4,7,10-16H2,1H3,(H,24,28). The summed E-state index contributed by atoms with van der Waals surface area (Å²) < 4.78 is 28.0. The van der Waals surface area contributed by atoms with Gasteiger partial charge in [-0.15, -0.1) is 11.3 Å². The highest BCUT2D eigenvalue weighted by molar-refractivity contribution is 7.89. The maximum absolute atomic E-state index is 13.2. The summed E-state index contributed by atoms with van der Waals surface area (Å²) in [6.45, 7) is 4.66. The van der Waals surface area contributed by atoms with Crippen LogP contribution >= 0.6 is 11.3 Å². The predicted octanol–water partition coefficient (Wildman–Crippen LogP) is 3.25. The smallest absolute Gasteiger partial charge is 0.243 e. The lowest BCUT2D eigenvalue weighted by Gasteiger charge is -2.35. The Morgan fingerprint density at radius 1 is 1.03 bits per heavy atom. The third-order valence-corrected chi connectivity index (χ3v) is 9.05. The van der Waals surface area contributed by atoms with E-state index in [1.54, 1.807) is 27.8 Å². The van der Waals surface area contributed by atoms with E-state index < -0.39 is 10.0 Å². The van der Waals surface area contributed by atoms with Gasteiger partial charge in [0, 0.05) is 50.6 Å². The van der Waals surface area contributed by atoms with Crippen LogP contribution in [0.25, 0.3) is 0 Å². The Morgan fingerprint density at radius 3 is 2.47 bits per heavy atom. The van der Waals surface area contributed by atoms with Gasteiger partial charge in [-0.25, -0.2) is 8.42 Å². The molecule has 7 nitrogen and oxygen atoms in total. The number of piperidine rings is 1. The van der Waals surface area contributed by atoms with Crippen molar-refractivity contribution in [2.24, 2.45) is 0 Å². The Hall–Kier alpha value is -1.94. The fourth-order valence-corrected chi connectivity index (χ4v) is 6.51. The van der Waals surface area contributed by atoms with Gasteiger partial charge in [0.05, 0.1) is 16.3 Å². The van der Waals surface area contributed by atoms with Gasteiger partial charge in [0.1, 0.15) is 0 Å². The zero-order valence-corrected chi connectivity index (χ0v) is 20.3. The number of sulfonamides is 1. The van der Waals surface area contributed by atoms with Gasteiger partial charge < -0.3 is 15.1 Å². The van der Waals surface area contributed by atoms with Crippen LogP contribution in [0, 0.1) is 0 Å². The monoisotopic (exact) mass is 476 g/mol. The lowest BCUT2D eigenvalue weighted by Crippen LogP contribution is -2.44. The first-order valence-corrected chi connectivity index (χ1v) is 13.7. The fourth-order valence-electron chi connectivity index (χ4n) is 4.26. The van der Waals surface area contributed by atoms with E-state index in [0.29, 0.717) is 31.6 Å². The molecule has 1 aromatic carbocycles. The Balaban J connectivity index is 1.57. The topological polar surface area (TPSA) is 73.0 Å². The highest BCUT2D eigenvalue weighted by Gasteiger charge is 2.28. The minimum Gasteiger partial charge on any atom is -0.367 e. The number of carbonyl (C=O) groups excluding carboxylic acids is 1. The van der Waals surface area contributed by atoms with Gasteiger partial charge in [0.25, 0.3) is 0 Å². The number of benzene rings is 1. The number of amides is 1. The molecule has 174 valence electrons. The summed E-state index contributed by atoms with van der Waals surface area (Å²) in [6, 6.07) is 9.22. The molecule has 0 radical (unpaired) electrons. The molecule has 1 amide bonds. The molecular formula is C23H32N4O3S2. The molecule has 0 atom stereocenters. The Kier molecular flexibility index (Phi) is 7.50. The number of anilines is 2. The van der Waals surface area contributed by atoms with E-state index in [4.69, 9.17) is 0 Å². The van der Waals surface area contributed by atoms with Crippen molar-refractivity contribution in [2.45, 2.75) is 37.0 Å². The van der Waals surface area contributed by atoms with Gasteiger partial charge in [-0.2, -0.15) is 4.31 Å². The van der Waals surface area contributed by atoms with E-state index in [-0.39, 0.29) is 10.8 Å². The summed E-state index contributed by atoms with van der Waals surface area (Å²) in [6.07, 6.45) is 3.90. The van der Waals surface area contributed by atoms with E-state index in [0.717, 1.165) is 51.1 Å². The van der Waals surface area contributed by atoms with Crippen molar-refractivity contribution in [3.63, 3.8) is 0 Å². The summed E-state index contributed by atoms with van der Waals surface area (Å²) >= 11 is 1.64. The van der Waals surface area contributed by atoms with E-state index in [1.807, 2.05) is 23.6 Å². The number of nitrogens with zero attached hydrogens (tertiary/aromatic N) is 3. The van der Waals surface area contributed by atoms with E-state index >= 15 is 0 Å². The summed E-state index contributed by atoms with van der Waals surface area (Å²) in [7, 11) is -1.47. The first kappa shape index (κ1) is 23.2. The van der Waals surface area contributed by atoms with Crippen LogP contribution < -0.4 is 10.2 Å². The number of carbonyl (C=O) groups is 1. The predicted molar refractivity (Wildman–Crippen MR) is 130 cm³/mol. The molecule has 2 aliphatic rings. The molecular weight excluding hydrogens is 444 g/mol. The number of nitrogens with one attached hydrogen (secondary N) is 1. The largest absolute Gasteiger partial charge is 0.367 e. The summed E-state index contributed by atoms with van der Waals surface area (Å²) in [4.78, 5) is 18.7. The lowest BCUT2D eigenvalue weighted by atomic mass is 10.2. The third-order valence-electron chi connectivity index (χ3n) is 6.22. The van der Waals surface area contributed by atoms with E-state index in [2.05, 4.69) is 22.2 Å². The quantitative estimate of drug-likeness (QED) is 0.664. The van der Waals surface area contributed by atoms with Crippen molar-refractivity contribution < 1.29 is 13.2 Å². The normalized spacial score (nSPS) is 18.6. The number of piperazine rings is 1. The minimum absolute atomic E-state index is 0.0960. The van der Waals surface area contributed by atoms with Crippen LogP contribution in [0.4, 0.5) is 11.4 Å². The molecule has 32 heavy (non-hydrogen) atoms. The van der Waals surface area contributed by atoms with Gasteiger partial charge in [-0.05, 0) is 56.0 Å². The van der Waals surface area contributed by atoms with Crippen molar-refractivity contribution in [1.29, 1.82) is 0 Å². The molecule has 3 heterocycles. The van der Waals surface area contributed by atoms with Gasteiger partial charge in [0.2, 0.25) is 15.9 Å². The van der Waals surface area contributed by atoms with Gasteiger partial charge in [-0.3, -0.25) is 4.79 Å². The van der Waals surface area contributed by atoms with Gasteiger partial charge in [0.15, 0.2) is 0 Å². The van der Waals surface area contributed by atoms with Crippen molar-refractivity contribution in [1.82, 2.24) is 9.21 Å². The first-order valence-electron chi connectivity index (χ1n) is 11.3. The summed E-state index contributed by atoms with van der Waals surface area (Å²) in [5, 5.41) is 5.03. The van der Waals surface area contributed by atoms with Gasteiger partial charge in [-0.1, -0.05) is 12.5 Å². The first-order chi connectivity index (χ1) is 15.4. The third kappa shape index (κ3) is 5.51. The highest BCUT2D eigenvalue weighted by Crippen LogP contribution is 2.32. The number of hydrogen-bond donors (Lipinski definition) is 1. The molecule has 2 fully saturated rings. The SMILES string of the molecule is CN1CCN(c2ccc(S(=O)(=O)N3CCCCC3)cc2NC(=O)CCc2cccs2)CC1. The zero-order valence-electron chi connectivity index (χ0n) is 18.6. The number of likely N-dealkylation sites (N-methyl/N-ethyl adjacent to an activating group) is 1. The maximum atomic E-state index is 13.2.